The molecule has 94 valence electrons. The van der Waals surface area contributed by atoms with E-state index in [2.05, 4.69) is 10.6 Å². The summed E-state index contributed by atoms with van der Waals surface area (Å²) in [6.45, 7) is 0.305. The SMILES string of the molecule is CN(CCC(=O)NCO)CCC(=O)NCO. The maximum atomic E-state index is 11.0. The van der Waals surface area contributed by atoms with Gasteiger partial charge in [0.15, 0.2) is 0 Å². The number of aliphatic hydroxyl groups excluding tert-OH is 2. The van der Waals surface area contributed by atoms with Gasteiger partial charge in [0, 0.05) is 25.9 Å². The molecular weight excluding hydrogens is 214 g/mol. The van der Waals surface area contributed by atoms with Gasteiger partial charge in [0.25, 0.3) is 0 Å². The minimum absolute atomic E-state index is 0.228. The van der Waals surface area contributed by atoms with Crippen LogP contribution in [0.15, 0.2) is 0 Å². The first-order valence-electron chi connectivity index (χ1n) is 5.03. The second-order valence-electron chi connectivity index (χ2n) is 3.32. The van der Waals surface area contributed by atoms with Gasteiger partial charge in [-0.3, -0.25) is 9.59 Å². The Morgan fingerprint density at radius 2 is 1.38 bits per heavy atom. The Kier molecular flexibility index (Phi) is 8.41. The molecule has 16 heavy (non-hydrogen) atoms. The molecule has 0 spiro atoms. The fourth-order valence-electron chi connectivity index (χ4n) is 1.05. The molecule has 0 saturated heterocycles. The normalized spacial score (nSPS) is 10.2. The summed E-state index contributed by atoms with van der Waals surface area (Å²) in [6, 6.07) is 0. The zero-order valence-electron chi connectivity index (χ0n) is 9.40. The monoisotopic (exact) mass is 233 g/mol. The van der Waals surface area contributed by atoms with Crippen molar-refractivity contribution in [2.45, 2.75) is 12.8 Å². The molecule has 0 bridgehead atoms. The van der Waals surface area contributed by atoms with Crippen molar-refractivity contribution in [1.29, 1.82) is 0 Å². The highest BCUT2D eigenvalue weighted by Gasteiger charge is 2.06. The smallest absolute Gasteiger partial charge is 0.223 e. The van der Waals surface area contributed by atoms with E-state index >= 15 is 0 Å². The Balaban J connectivity index is 3.54. The molecule has 0 radical (unpaired) electrons. The molecule has 0 fully saturated rings. The van der Waals surface area contributed by atoms with Gasteiger partial charge < -0.3 is 25.7 Å². The van der Waals surface area contributed by atoms with Crippen molar-refractivity contribution in [3.05, 3.63) is 0 Å². The van der Waals surface area contributed by atoms with Crippen LogP contribution in [0.3, 0.4) is 0 Å². The Morgan fingerprint density at radius 3 is 1.69 bits per heavy atom. The molecule has 7 nitrogen and oxygen atoms in total. The van der Waals surface area contributed by atoms with E-state index in [4.69, 9.17) is 10.2 Å². The molecule has 0 aliphatic carbocycles. The Bertz CT molecular complexity index is 201. The van der Waals surface area contributed by atoms with E-state index in [1.54, 1.807) is 7.05 Å². The van der Waals surface area contributed by atoms with Crippen molar-refractivity contribution in [2.24, 2.45) is 0 Å². The number of carbonyl (C=O) groups excluding carboxylic acids is 2. The third-order valence-electron chi connectivity index (χ3n) is 1.99. The van der Waals surface area contributed by atoms with Crippen LogP contribution >= 0.6 is 0 Å². The zero-order valence-corrected chi connectivity index (χ0v) is 9.40. The fraction of sp³-hybridized carbons (Fsp3) is 0.778. The Hall–Kier alpha value is -1.18. The number of rotatable bonds is 8. The minimum atomic E-state index is -0.360. The third kappa shape index (κ3) is 8.16. The summed E-state index contributed by atoms with van der Waals surface area (Å²) in [5, 5.41) is 21.4. The quantitative estimate of drug-likeness (QED) is 0.357. The molecule has 0 aliphatic rings. The van der Waals surface area contributed by atoms with Crippen molar-refractivity contribution in [2.75, 3.05) is 33.6 Å². The highest BCUT2D eigenvalue weighted by atomic mass is 16.3. The first-order chi connectivity index (χ1) is 7.60. The molecule has 0 aliphatic heterocycles. The van der Waals surface area contributed by atoms with Gasteiger partial charge in [-0.25, -0.2) is 0 Å². The van der Waals surface area contributed by atoms with Gasteiger partial charge in [-0.05, 0) is 7.05 Å². The third-order valence-corrected chi connectivity index (χ3v) is 1.99. The van der Waals surface area contributed by atoms with Gasteiger partial charge in [0.2, 0.25) is 11.8 Å². The number of hydrogen-bond donors (Lipinski definition) is 4. The highest BCUT2D eigenvalue weighted by Crippen LogP contribution is 1.90. The standard InChI is InChI=1S/C9H19N3O4/c1-12(4-2-8(15)10-6-13)5-3-9(16)11-7-14/h13-14H,2-7H2,1H3,(H,10,15)(H,11,16). The van der Waals surface area contributed by atoms with Crippen LogP contribution in [0.4, 0.5) is 0 Å². The number of carbonyl (C=O) groups is 2. The molecular formula is C9H19N3O4. The average molecular weight is 233 g/mol. The van der Waals surface area contributed by atoms with E-state index in [0.717, 1.165) is 0 Å². The first-order valence-corrected chi connectivity index (χ1v) is 5.03. The largest absolute Gasteiger partial charge is 0.377 e. The summed E-state index contributed by atoms with van der Waals surface area (Å²) in [7, 11) is 1.79. The zero-order chi connectivity index (χ0) is 12.4. The van der Waals surface area contributed by atoms with Crippen molar-refractivity contribution in [3.63, 3.8) is 0 Å². The lowest BCUT2D eigenvalue weighted by Crippen LogP contribution is -2.32. The van der Waals surface area contributed by atoms with Crippen LogP contribution in [0.25, 0.3) is 0 Å². The van der Waals surface area contributed by atoms with Crippen molar-refractivity contribution < 1.29 is 19.8 Å². The maximum absolute atomic E-state index is 11.0. The highest BCUT2D eigenvalue weighted by molar-refractivity contribution is 5.76. The number of nitrogens with zero attached hydrogens (tertiary/aromatic N) is 1. The molecule has 0 rings (SSSR count). The molecule has 0 saturated carbocycles. The number of aliphatic hydroxyl groups is 2. The summed E-state index contributed by atoms with van der Waals surface area (Å²) in [4.78, 5) is 23.8. The minimum Gasteiger partial charge on any atom is -0.377 e. The maximum Gasteiger partial charge on any atom is 0.223 e. The van der Waals surface area contributed by atoms with Crippen LogP contribution in [0.2, 0.25) is 0 Å². The molecule has 0 atom stereocenters. The average Bonchev–Trinajstić information content (AvgIpc) is 2.24. The molecule has 7 heteroatoms. The topological polar surface area (TPSA) is 102 Å². The van der Waals surface area contributed by atoms with E-state index in [0.29, 0.717) is 13.1 Å². The van der Waals surface area contributed by atoms with Gasteiger partial charge in [-0.2, -0.15) is 0 Å². The van der Waals surface area contributed by atoms with Crippen LogP contribution in [-0.4, -0.2) is 60.5 Å². The lowest BCUT2D eigenvalue weighted by atomic mass is 10.3. The number of hydrogen-bond acceptors (Lipinski definition) is 5. The van der Waals surface area contributed by atoms with Crippen molar-refractivity contribution >= 4 is 11.8 Å². The summed E-state index contributed by atoms with van der Waals surface area (Å²) >= 11 is 0. The van der Waals surface area contributed by atoms with Crippen molar-refractivity contribution in [3.8, 4) is 0 Å². The summed E-state index contributed by atoms with van der Waals surface area (Å²) in [5.74, 6) is -0.455. The summed E-state index contributed by atoms with van der Waals surface area (Å²) < 4.78 is 0. The molecule has 4 N–H and O–H groups in total. The van der Waals surface area contributed by atoms with Gasteiger partial charge >= 0.3 is 0 Å². The predicted octanol–water partition coefficient (Wildman–Crippen LogP) is -2.17. The summed E-state index contributed by atoms with van der Waals surface area (Å²) in [6.07, 6.45) is 0.553. The fourth-order valence-corrected chi connectivity index (χ4v) is 1.05. The lowest BCUT2D eigenvalue weighted by molar-refractivity contribution is -0.122. The molecule has 2 amide bonds. The van der Waals surface area contributed by atoms with Gasteiger partial charge in [0.1, 0.15) is 13.5 Å². The molecule has 0 aromatic rings. The van der Waals surface area contributed by atoms with Crippen LogP contribution in [0.5, 0.6) is 0 Å². The summed E-state index contributed by atoms with van der Waals surface area (Å²) in [5.41, 5.74) is 0. The van der Waals surface area contributed by atoms with Crippen LogP contribution in [0, 0.1) is 0 Å². The van der Waals surface area contributed by atoms with Crippen LogP contribution in [-0.2, 0) is 9.59 Å². The van der Waals surface area contributed by atoms with Crippen LogP contribution < -0.4 is 10.6 Å². The lowest BCUT2D eigenvalue weighted by Gasteiger charge is -2.15. The first kappa shape index (κ1) is 14.8. The van der Waals surface area contributed by atoms with Gasteiger partial charge in [-0.15, -0.1) is 0 Å². The van der Waals surface area contributed by atoms with E-state index in [9.17, 15) is 9.59 Å². The number of amides is 2. The van der Waals surface area contributed by atoms with E-state index < -0.39 is 0 Å². The molecule has 0 aromatic carbocycles. The van der Waals surface area contributed by atoms with E-state index in [-0.39, 0.29) is 38.1 Å². The second kappa shape index (κ2) is 9.08. The van der Waals surface area contributed by atoms with Gasteiger partial charge in [0.05, 0.1) is 0 Å². The molecule has 0 unspecified atom stereocenters. The van der Waals surface area contributed by atoms with Crippen molar-refractivity contribution in [1.82, 2.24) is 15.5 Å². The second-order valence-corrected chi connectivity index (χ2v) is 3.32. The Morgan fingerprint density at radius 1 is 1.00 bits per heavy atom. The Labute approximate surface area is 94.4 Å². The predicted molar refractivity (Wildman–Crippen MR) is 57.2 cm³/mol. The van der Waals surface area contributed by atoms with Crippen LogP contribution in [0.1, 0.15) is 12.8 Å². The molecule has 0 aromatic heterocycles. The van der Waals surface area contributed by atoms with Gasteiger partial charge in [-0.1, -0.05) is 0 Å². The van der Waals surface area contributed by atoms with E-state index in [1.165, 1.54) is 0 Å². The number of nitrogens with one attached hydrogen (secondary N) is 2. The molecule has 0 heterocycles. The van der Waals surface area contributed by atoms with E-state index in [1.807, 2.05) is 4.90 Å².